The molecule has 19 nitrogen and oxygen atoms in total. The number of alkyl halides is 3. The molecule has 0 saturated carbocycles. The Bertz CT molecular complexity index is 1490. The van der Waals surface area contributed by atoms with E-state index in [0.717, 1.165) is 19.3 Å². The third kappa shape index (κ3) is 27.2. The monoisotopic (exact) mass is 940 g/mol. The number of halogens is 3. The van der Waals surface area contributed by atoms with E-state index in [-0.39, 0.29) is 37.8 Å². The highest BCUT2D eigenvalue weighted by Crippen LogP contribution is 2.33. The Morgan fingerprint density at radius 3 is 1.75 bits per heavy atom. The Balaban J connectivity index is 2.29. The lowest BCUT2D eigenvalue weighted by Gasteiger charge is -2.45. The van der Waals surface area contributed by atoms with E-state index in [1.54, 1.807) is 5.32 Å². The maximum Gasteiger partial charge on any atom is 0.471 e. The number of hydrogen-bond donors (Lipinski definition) is 7. The van der Waals surface area contributed by atoms with Gasteiger partial charge in [-0.15, -0.1) is 11.8 Å². The van der Waals surface area contributed by atoms with Crippen molar-refractivity contribution in [2.75, 3.05) is 38.5 Å². The van der Waals surface area contributed by atoms with Crippen molar-refractivity contribution in [3.05, 3.63) is 0 Å². The van der Waals surface area contributed by atoms with Gasteiger partial charge in [-0.2, -0.15) is 13.2 Å². The summed E-state index contributed by atoms with van der Waals surface area (Å²) >= 11 is 1.36. The fourth-order valence-corrected chi connectivity index (χ4v) is 7.73. The van der Waals surface area contributed by atoms with Gasteiger partial charge in [0.1, 0.15) is 30.2 Å². The van der Waals surface area contributed by atoms with Crippen molar-refractivity contribution in [2.24, 2.45) is 0 Å². The molecule has 1 aliphatic heterocycles. The zero-order chi connectivity index (χ0) is 48.1. The minimum atomic E-state index is -5.13. The Morgan fingerprint density at radius 2 is 1.23 bits per heavy atom. The van der Waals surface area contributed by atoms with Gasteiger partial charge >= 0.3 is 37.0 Å². The zero-order valence-corrected chi connectivity index (χ0v) is 38.4. The van der Waals surface area contributed by atoms with E-state index in [4.69, 9.17) is 18.9 Å². The Morgan fingerprint density at radius 1 is 0.703 bits per heavy atom. The zero-order valence-electron chi connectivity index (χ0n) is 37.6. The lowest BCUT2D eigenvalue weighted by atomic mass is 9.89. The molecule has 7 N–H and O–H groups in total. The van der Waals surface area contributed by atoms with Crippen molar-refractivity contribution in [3.63, 3.8) is 0 Å². The van der Waals surface area contributed by atoms with E-state index in [9.17, 15) is 56.6 Å². The van der Waals surface area contributed by atoms with Crippen LogP contribution in [-0.4, -0.2) is 140 Å². The highest BCUT2D eigenvalue weighted by atomic mass is 32.2. The van der Waals surface area contributed by atoms with Gasteiger partial charge in [0.2, 0.25) is 23.6 Å². The van der Waals surface area contributed by atoms with Crippen LogP contribution in [0.1, 0.15) is 118 Å². The van der Waals surface area contributed by atoms with Crippen molar-refractivity contribution in [1.82, 2.24) is 31.8 Å². The summed E-state index contributed by atoms with van der Waals surface area (Å²) in [5.74, 6) is -4.91. The first-order valence-corrected chi connectivity index (χ1v) is 22.9. The Hall–Kier alpha value is -4.16. The van der Waals surface area contributed by atoms with Crippen molar-refractivity contribution in [2.45, 2.75) is 166 Å². The van der Waals surface area contributed by atoms with Crippen LogP contribution >= 0.6 is 11.8 Å². The molecule has 24 heteroatoms. The number of amides is 5. The van der Waals surface area contributed by atoms with Gasteiger partial charge in [0, 0.05) is 60.2 Å². The quantitative estimate of drug-likeness (QED) is 0.0220. The molecule has 0 bridgehead atoms. The fourth-order valence-electron chi connectivity index (χ4n) is 6.47. The number of esters is 3. The van der Waals surface area contributed by atoms with Gasteiger partial charge in [-0.05, 0) is 76.9 Å². The summed E-state index contributed by atoms with van der Waals surface area (Å²) in [7, 11) is -0.748. The summed E-state index contributed by atoms with van der Waals surface area (Å²) in [4.78, 5) is 96.1. The lowest BCUT2D eigenvalue weighted by Crippen LogP contribution is -2.65. The Labute approximate surface area is 377 Å². The van der Waals surface area contributed by atoms with Crippen molar-refractivity contribution >= 4 is 66.3 Å². The van der Waals surface area contributed by atoms with Crippen molar-refractivity contribution in [1.29, 1.82) is 0 Å². The van der Waals surface area contributed by atoms with Crippen LogP contribution in [0.15, 0.2) is 0 Å². The second-order valence-electron chi connectivity index (χ2n) is 15.4. The van der Waals surface area contributed by atoms with E-state index in [2.05, 4.69) is 26.5 Å². The average Bonchev–Trinajstić information content (AvgIpc) is 3.19. The first-order valence-electron chi connectivity index (χ1n) is 21.8. The maximum absolute atomic E-state index is 12.8. The molecule has 5 amide bonds. The first kappa shape index (κ1) is 57.9. The molecule has 3 unspecified atom stereocenters. The standard InChI is InChI=1S/C40H68BF3N6O13S/c1-26(51)49-34-36(62-29(4)54)35(61-28(3)53)31(25-60-27(2)52)63-38(34)64-24-16-8-14-21-46-33(56)18-9-6-12-20-45-32(55)19-10-7-13-22-47-37(57)30(50-39(58)40(42,43)44)17-11-15-23-48-41(5)59/h30-31,34-36,38,48,59H,6-25H2,1-5H3,(H,45,55)(H,46,56)(H,47,57)(H,49,51)(H,50,58)/t30?,31?,34?,35-,36+,38+/m1/s1. The maximum atomic E-state index is 12.8. The average molecular weight is 941 g/mol. The molecule has 0 aliphatic carbocycles. The number of nitrogens with one attached hydrogen (secondary N) is 6. The highest BCUT2D eigenvalue weighted by Gasteiger charge is 2.51. The van der Waals surface area contributed by atoms with Crippen LogP contribution in [0.4, 0.5) is 13.2 Å². The number of hydrogen-bond acceptors (Lipinski definition) is 15. The lowest BCUT2D eigenvalue weighted by molar-refractivity contribution is -0.211. The smallest absolute Gasteiger partial charge is 0.463 e. The van der Waals surface area contributed by atoms with E-state index in [1.165, 1.54) is 46.3 Å². The van der Waals surface area contributed by atoms with Gasteiger partial charge in [-0.25, -0.2) is 0 Å². The van der Waals surface area contributed by atoms with Gasteiger partial charge in [0.15, 0.2) is 12.2 Å². The minimum Gasteiger partial charge on any atom is -0.463 e. The number of ether oxygens (including phenoxy) is 4. The summed E-state index contributed by atoms with van der Waals surface area (Å²) in [5.41, 5.74) is -0.736. The van der Waals surface area contributed by atoms with Crippen molar-refractivity contribution in [3.8, 4) is 0 Å². The molecule has 0 aromatic heterocycles. The molecule has 0 radical (unpaired) electrons. The van der Waals surface area contributed by atoms with Gasteiger partial charge in [-0.1, -0.05) is 19.3 Å². The van der Waals surface area contributed by atoms with E-state index in [0.29, 0.717) is 83.2 Å². The van der Waals surface area contributed by atoms with E-state index >= 15 is 0 Å². The van der Waals surface area contributed by atoms with Gasteiger partial charge in [-0.3, -0.25) is 38.4 Å². The second-order valence-corrected chi connectivity index (χ2v) is 16.6. The van der Waals surface area contributed by atoms with Gasteiger partial charge < -0.3 is 55.8 Å². The van der Waals surface area contributed by atoms with Crippen LogP contribution in [0.25, 0.3) is 0 Å². The topological polar surface area (TPSA) is 266 Å². The van der Waals surface area contributed by atoms with Gasteiger partial charge in [0.05, 0.1) is 0 Å². The van der Waals surface area contributed by atoms with Crippen LogP contribution in [0.5, 0.6) is 0 Å². The minimum absolute atomic E-state index is 0.00783. The third-order valence-electron chi connectivity index (χ3n) is 9.52. The van der Waals surface area contributed by atoms with E-state index in [1.807, 2.05) is 0 Å². The predicted octanol–water partition coefficient (Wildman–Crippen LogP) is 1.93. The highest BCUT2D eigenvalue weighted by molar-refractivity contribution is 7.99. The van der Waals surface area contributed by atoms with E-state index < -0.39 is 84.7 Å². The summed E-state index contributed by atoms with van der Waals surface area (Å²) in [6.07, 6.45) is -1.06. The predicted molar refractivity (Wildman–Crippen MR) is 230 cm³/mol. The van der Waals surface area contributed by atoms with Crippen LogP contribution in [0, 0.1) is 0 Å². The van der Waals surface area contributed by atoms with Crippen LogP contribution in [-0.2, 0) is 57.3 Å². The first-order chi connectivity index (χ1) is 30.2. The SMILES string of the molecule is CB(O)NCCCCC(NC(=O)C(F)(F)F)C(=O)NCCCCCC(=O)NCCCCCC(=O)NCCCCCS[C@@H]1OC(COC(C)=O)[C@@H](OC(C)=O)[C@@H](OC(C)=O)C1NC(C)=O. The van der Waals surface area contributed by atoms with Crippen LogP contribution < -0.4 is 31.8 Å². The largest absolute Gasteiger partial charge is 0.471 e. The molecule has 0 spiro atoms. The molecule has 0 aromatic carbocycles. The molecule has 1 rings (SSSR count). The molecule has 1 aliphatic rings. The van der Waals surface area contributed by atoms with Crippen molar-refractivity contribution < 1.29 is 75.5 Å². The summed E-state index contributed by atoms with van der Waals surface area (Å²) in [5, 5.41) is 24.8. The van der Waals surface area contributed by atoms with Gasteiger partial charge in [0.25, 0.3) is 0 Å². The molecule has 64 heavy (non-hydrogen) atoms. The molecular formula is C40H68BF3N6O13S. The van der Waals surface area contributed by atoms with Crippen LogP contribution in [0.3, 0.4) is 0 Å². The number of rotatable bonds is 32. The third-order valence-corrected chi connectivity index (χ3v) is 10.8. The van der Waals surface area contributed by atoms with Crippen LogP contribution in [0.2, 0.25) is 6.82 Å². The summed E-state index contributed by atoms with van der Waals surface area (Å²) < 4.78 is 60.6. The molecule has 1 heterocycles. The second kappa shape index (κ2) is 32.5. The molecule has 366 valence electrons. The molecule has 1 saturated heterocycles. The normalized spacial score (nSPS) is 18.7. The Kier molecular flexibility index (Phi) is 29.4. The number of carbonyl (C=O) groups is 8. The molecular weight excluding hydrogens is 872 g/mol. The number of thioether (sulfide) groups is 1. The molecule has 6 atom stereocenters. The molecule has 1 fully saturated rings. The number of unbranched alkanes of at least 4 members (excludes halogenated alkanes) is 7. The molecule has 0 aromatic rings. The summed E-state index contributed by atoms with van der Waals surface area (Å²) in [6, 6.07) is -2.23. The number of carbonyl (C=O) groups excluding carboxylic acids is 8. The summed E-state index contributed by atoms with van der Waals surface area (Å²) in [6.45, 7) is 7.61. The fraction of sp³-hybridized carbons (Fsp3) is 0.800.